The first-order valence-corrected chi connectivity index (χ1v) is 14.4. The number of carbonyl (C=O) groups is 2. The van der Waals surface area contributed by atoms with Gasteiger partial charge in [-0.05, 0) is 60.9 Å². The number of aryl methyl sites for hydroxylation is 1. The van der Waals surface area contributed by atoms with E-state index in [1.807, 2.05) is 0 Å². The Hall–Kier alpha value is -4.29. The molecule has 2 aromatic heterocycles. The molecule has 1 saturated heterocycles. The molecular weight excluding hydrogens is 534 g/mol. The van der Waals surface area contributed by atoms with Crippen molar-refractivity contribution in [3.8, 4) is 11.1 Å². The number of carbonyl (C=O) groups excluding carboxylic acids is 2. The lowest BCUT2D eigenvalue weighted by Gasteiger charge is -2.20. The molecule has 0 aliphatic carbocycles. The summed E-state index contributed by atoms with van der Waals surface area (Å²) >= 11 is 0. The monoisotopic (exact) mass is 563 g/mol. The number of rotatable bonds is 7. The molecule has 40 heavy (non-hydrogen) atoms. The summed E-state index contributed by atoms with van der Waals surface area (Å²) in [7, 11) is -1.95. The highest BCUT2D eigenvalue weighted by atomic mass is 32.2. The Morgan fingerprint density at radius 2 is 1.73 bits per heavy atom. The molecule has 11 nitrogen and oxygen atoms in total. The van der Waals surface area contributed by atoms with Crippen LogP contribution in [-0.4, -0.2) is 58.8 Å². The number of nitrogens with zero attached hydrogens (tertiary/aromatic N) is 3. The SMILES string of the molecule is Cn1c(=O)[nH]c2ncc(-c3cccc(C(=O)OCC(=O)Nc4ccc(S(=O)(=O)N5CCCCCC5)cc4)c3)cc21. The summed E-state index contributed by atoms with van der Waals surface area (Å²) in [6.07, 6.45) is 5.34. The van der Waals surface area contributed by atoms with Crippen LogP contribution in [0.2, 0.25) is 0 Å². The van der Waals surface area contributed by atoms with Crippen LogP contribution in [0.3, 0.4) is 0 Å². The second-order valence-corrected chi connectivity index (χ2v) is 11.6. The third kappa shape index (κ3) is 5.82. The quantitative estimate of drug-likeness (QED) is 0.329. The fourth-order valence-electron chi connectivity index (χ4n) is 4.64. The Bertz CT molecular complexity index is 1720. The molecule has 0 saturated carbocycles. The summed E-state index contributed by atoms with van der Waals surface area (Å²) < 4.78 is 34.0. The van der Waals surface area contributed by atoms with E-state index < -0.39 is 28.5 Å². The highest BCUT2D eigenvalue weighted by Crippen LogP contribution is 2.24. The first-order chi connectivity index (χ1) is 19.2. The average Bonchev–Trinajstić information content (AvgIpc) is 3.12. The van der Waals surface area contributed by atoms with E-state index in [9.17, 15) is 22.8 Å². The predicted molar refractivity (Wildman–Crippen MR) is 149 cm³/mol. The fraction of sp³-hybridized carbons (Fsp3) is 0.286. The average molecular weight is 564 g/mol. The smallest absolute Gasteiger partial charge is 0.338 e. The highest BCUT2D eigenvalue weighted by Gasteiger charge is 2.25. The molecule has 0 unspecified atom stereocenters. The van der Waals surface area contributed by atoms with Gasteiger partial charge >= 0.3 is 11.7 Å². The maximum absolute atomic E-state index is 12.9. The van der Waals surface area contributed by atoms with Gasteiger partial charge in [-0.2, -0.15) is 4.31 Å². The van der Waals surface area contributed by atoms with Crippen LogP contribution in [0, 0.1) is 0 Å². The van der Waals surface area contributed by atoms with Crippen molar-refractivity contribution in [1.29, 1.82) is 0 Å². The summed E-state index contributed by atoms with van der Waals surface area (Å²) in [6, 6.07) is 14.4. The summed E-state index contributed by atoms with van der Waals surface area (Å²) in [6.45, 7) is 0.500. The fourth-order valence-corrected chi connectivity index (χ4v) is 6.15. The van der Waals surface area contributed by atoms with Gasteiger partial charge in [0.2, 0.25) is 10.0 Å². The van der Waals surface area contributed by atoms with Crippen molar-refractivity contribution < 1.29 is 22.7 Å². The number of fused-ring (bicyclic) bond motifs is 1. The molecule has 0 atom stereocenters. The molecule has 4 aromatic rings. The molecule has 2 aromatic carbocycles. The van der Waals surface area contributed by atoms with Crippen molar-refractivity contribution in [1.82, 2.24) is 18.8 Å². The van der Waals surface area contributed by atoms with Gasteiger partial charge in [0, 0.05) is 37.6 Å². The lowest BCUT2D eigenvalue weighted by Crippen LogP contribution is -2.31. The van der Waals surface area contributed by atoms with Crippen LogP contribution in [0.25, 0.3) is 22.3 Å². The third-order valence-corrected chi connectivity index (χ3v) is 8.78. The molecule has 1 fully saturated rings. The highest BCUT2D eigenvalue weighted by molar-refractivity contribution is 7.89. The Morgan fingerprint density at radius 3 is 2.45 bits per heavy atom. The van der Waals surface area contributed by atoms with Crippen LogP contribution in [0.1, 0.15) is 36.0 Å². The minimum atomic E-state index is -3.59. The molecule has 208 valence electrons. The topological polar surface area (TPSA) is 143 Å². The minimum Gasteiger partial charge on any atom is -0.452 e. The van der Waals surface area contributed by atoms with Crippen molar-refractivity contribution in [3.63, 3.8) is 0 Å². The molecule has 5 rings (SSSR count). The molecule has 12 heteroatoms. The number of aromatic amines is 1. The number of pyridine rings is 1. The number of esters is 1. The molecule has 0 radical (unpaired) electrons. The van der Waals surface area contributed by atoms with Gasteiger partial charge in [0.25, 0.3) is 5.91 Å². The zero-order valence-corrected chi connectivity index (χ0v) is 22.7. The van der Waals surface area contributed by atoms with E-state index in [-0.39, 0.29) is 16.1 Å². The standard InChI is InChI=1S/C28H29N5O6S/c1-32-24-16-21(17-29-26(24)31-28(32)36)19-7-6-8-20(15-19)27(35)39-18-25(34)30-22-9-11-23(12-10-22)40(37,38)33-13-4-2-3-5-14-33/h6-12,15-17H,2-5,13-14,18H2,1H3,(H,30,34)(H,29,31,36). The number of nitrogens with one attached hydrogen (secondary N) is 2. The Kier molecular flexibility index (Phi) is 7.81. The lowest BCUT2D eigenvalue weighted by atomic mass is 10.0. The van der Waals surface area contributed by atoms with Crippen LogP contribution in [0.5, 0.6) is 0 Å². The number of hydrogen-bond acceptors (Lipinski definition) is 7. The van der Waals surface area contributed by atoms with Crippen molar-refractivity contribution in [2.24, 2.45) is 7.05 Å². The maximum atomic E-state index is 12.9. The Labute approximate surface area is 230 Å². The third-order valence-electron chi connectivity index (χ3n) is 6.87. The van der Waals surface area contributed by atoms with Gasteiger partial charge < -0.3 is 10.1 Å². The van der Waals surface area contributed by atoms with Gasteiger partial charge in [-0.1, -0.05) is 25.0 Å². The zero-order chi connectivity index (χ0) is 28.3. The first-order valence-electron chi connectivity index (χ1n) is 12.9. The second-order valence-electron chi connectivity index (χ2n) is 9.63. The van der Waals surface area contributed by atoms with E-state index >= 15 is 0 Å². The van der Waals surface area contributed by atoms with Crippen molar-refractivity contribution in [2.75, 3.05) is 25.0 Å². The molecule has 1 aliphatic heterocycles. The van der Waals surface area contributed by atoms with Gasteiger partial charge in [-0.15, -0.1) is 0 Å². The van der Waals surface area contributed by atoms with Crippen LogP contribution >= 0.6 is 0 Å². The predicted octanol–water partition coefficient (Wildman–Crippen LogP) is 3.29. The summed E-state index contributed by atoms with van der Waals surface area (Å²) in [4.78, 5) is 44.0. The molecule has 1 amide bonds. The van der Waals surface area contributed by atoms with Gasteiger partial charge in [-0.3, -0.25) is 14.3 Å². The number of amides is 1. The summed E-state index contributed by atoms with van der Waals surface area (Å²) in [5, 5.41) is 2.61. The second kappa shape index (κ2) is 11.4. The van der Waals surface area contributed by atoms with Crippen LogP contribution < -0.4 is 11.0 Å². The van der Waals surface area contributed by atoms with Gasteiger partial charge in [0.15, 0.2) is 12.3 Å². The normalized spacial score (nSPS) is 14.5. The molecule has 0 spiro atoms. The number of benzene rings is 2. The largest absolute Gasteiger partial charge is 0.452 e. The van der Waals surface area contributed by atoms with Crippen LogP contribution in [0.4, 0.5) is 5.69 Å². The molecule has 3 heterocycles. The molecular formula is C28H29N5O6S. The number of ether oxygens (including phenoxy) is 1. The lowest BCUT2D eigenvalue weighted by molar-refractivity contribution is -0.119. The summed E-state index contributed by atoms with van der Waals surface area (Å²) in [5.41, 5.74) is 2.85. The summed E-state index contributed by atoms with van der Waals surface area (Å²) in [5.74, 6) is -1.24. The minimum absolute atomic E-state index is 0.173. The molecule has 0 bridgehead atoms. The molecule has 2 N–H and O–H groups in total. The molecule has 1 aliphatic rings. The van der Waals surface area contributed by atoms with E-state index in [0.717, 1.165) is 25.7 Å². The first kappa shape index (κ1) is 27.3. The van der Waals surface area contributed by atoms with Crippen LogP contribution in [0.15, 0.2) is 70.5 Å². The van der Waals surface area contributed by atoms with Gasteiger partial charge in [-0.25, -0.2) is 23.0 Å². The van der Waals surface area contributed by atoms with E-state index in [1.165, 1.54) is 33.1 Å². The van der Waals surface area contributed by atoms with Crippen LogP contribution in [-0.2, 0) is 26.6 Å². The van der Waals surface area contributed by atoms with Crippen molar-refractivity contribution in [3.05, 3.63) is 76.8 Å². The number of aromatic nitrogens is 3. The number of imidazole rings is 1. The maximum Gasteiger partial charge on any atom is 0.338 e. The van der Waals surface area contributed by atoms with Crippen molar-refractivity contribution >= 4 is 38.8 Å². The Morgan fingerprint density at radius 1 is 1.00 bits per heavy atom. The Balaban J connectivity index is 1.19. The van der Waals surface area contributed by atoms with E-state index in [4.69, 9.17) is 4.74 Å². The van der Waals surface area contributed by atoms with E-state index in [1.54, 1.807) is 43.6 Å². The number of hydrogen-bond donors (Lipinski definition) is 2. The van der Waals surface area contributed by atoms with Gasteiger partial charge in [0.1, 0.15) is 0 Å². The number of H-pyrrole nitrogens is 1. The van der Waals surface area contributed by atoms with E-state index in [0.29, 0.717) is 41.1 Å². The number of anilines is 1. The number of sulfonamides is 1. The van der Waals surface area contributed by atoms with Crippen molar-refractivity contribution in [2.45, 2.75) is 30.6 Å². The van der Waals surface area contributed by atoms with E-state index in [2.05, 4.69) is 15.3 Å². The van der Waals surface area contributed by atoms with Gasteiger partial charge in [0.05, 0.1) is 16.0 Å². The zero-order valence-electron chi connectivity index (χ0n) is 21.9.